The van der Waals surface area contributed by atoms with Crippen molar-refractivity contribution in [3.8, 4) is 0 Å². The number of carboxylic acid groups (broad SMARTS) is 1. The van der Waals surface area contributed by atoms with E-state index in [4.69, 9.17) is 0 Å². The number of hydrogen-bond acceptors (Lipinski definition) is 3. The number of likely N-dealkylation sites (tertiary alicyclic amines) is 1. The Morgan fingerprint density at radius 2 is 1.82 bits per heavy atom. The van der Waals surface area contributed by atoms with Crippen LogP contribution in [-0.2, 0) is 16.0 Å². The summed E-state index contributed by atoms with van der Waals surface area (Å²) in [6.07, 6.45) is 2.47. The first-order valence-electron chi connectivity index (χ1n) is 7.79. The third-order valence-electron chi connectivity index (χ3n) is 4.38. The molecule has 5 heteroatoms. The van der Waals surface area contributed by atoms with E-state index in [0.717, 1.165) is 18.4 Å². The van der Waals surface area contributed by atoms with E-state index in [1.807, 2.05) is 30.3 Å². The van der Waals surface area contributed by atoms with Crippen LogP contribution < -0.4 is 5.32 Å². The second-order valence-electron chi connectivity index (χ2n) is 6.10. The minimum absolute atomic E-state index is 0.219. The molecule has 1 saturated heterocycles. The lowest BCUT2D eigenvalue weighted by Crippen LogP contribution is -2.48. The Balaban J connectivity index is 1.93. The molecule has 1 fully saturated rings. The predicted molar refractivity (Wildman–Crippen MR) is 84.6 cm³/mol. The molecule has 0 spiro atoms. The molecule has 0 bridgehead atoms. The summed E-state index contributed by atoms with van der Waals surface area (Å²) < 4.78 is 0. The van der Waals surface area contributed by atoms with Gasteiger partial charge < -0.3 is 10.4 Å². The maximum absolute atomic E-state index is 12.2. The first-order chi connectivity index (χ1) is 10.5. The highest BCUT2D eigenvalue weighted by Crippen LogP contribution is 2.22. The summed E-state index contributed by atoms with van der Waals surface area (Å²) in [6.45, 7) is 4.48. The van der Waals surface area contributed by atoms with Crippen LogP contribution in [0.5, 0.6) is 0 Å². The van der Waals surface area contributed by atoms with Gasteiger partial charge in [-0.3, -0.25) is 9.69 Å². The predicted octanol–water partition coefficient (Wildman–Crippen LogP) is 1.67. The lowest BCUT2D eigenvalue weighted by atomic mass is 10.1. The number of amides is 1. The summed E-state index contributed by atoms with van der Waals surface area (Å²) >= 11 is 0. The van der Waals surface area contributed by atoms with Gasteiger partial charge in [-0.25, -0.2) is 4.79 Å². The van der Waals surface area contributed by atoms with E-state index in [9.17, 15) is 14.7 Å². The number of rotatable bonds is 6. The molecule has 0 aromatic heterocycles. The van der Waals surface area contributed by atoms with Gasteiger partial charge in [-0.15, -0.1) is 0 Å². The fraction of sp³-hybridized carbons (Fsp3) is 0.529. The fourth-order valence-corrected chi connectivity index (χ4v) is 3.02. The van der Waals surface area contributed by atoms with Gasteiger partial charge in [-0.1, -0.05) is 30.3 Å². The van der Waals surface area contributed by atoms with E-state index in [1.165, 1.54) is 0 Å². The van der Waals surface area contributed by atoms with Crippen LogP contribution in [0.4, 0.5) is 0 Å². The van der Waals surface area contributed by atoms with Crippen molar-refractivity contribution < 1.29 is 14.7 Å². The molecule has 22 heavy (non-hydrogen) atoms. The molecule has 0 aliphatic carbocycles. The van der Waals surface area contributed by atoms with E-state index in [1.54, 1.807) is 0 Å². The van der Waals surface area contributed by atoms with Crippen LogP contribution >= 0.6 is 0 Å². The molecule has 1 aliphatic heterocycles. The zero-order chi connectivity index (χ0) is 16.1. The van der Waals surface area contributed by atoms with E-state index < -0.39 is 12.0 Å². The van der Waals surface area contributed by atoms with Crippen LogP contribution in [-0.4, -0.2) is 46.6 Å². The number of nitrogens with zero attached hydrogens (tertiary/aromatic N) is 1. The molecule has 1 aromatic rings. The number of aliphatic carboxylic acids is 1. The Kier molecular flexibility index (Phi) is 5.55. The lowest BCUT2D eigenvalue weighted by Gasteiger charge is -2.26. The molecule has 2 unspecified atom stereocenters. The van der Waals surface area contributed by atoms with Gasteiger partial charge >= 0.3 is 5.97 Å². The second kappa shape index (κ2) is 7.40. The first-order valence-corrected chi connectivity index (χ1v) is 7.79. The molecule has 3 atom stereocenters. The molecule has 2 N–H and O–H groups in total. The average Bonchev–Trinajstić information content (AvgIpc) is 2.79. The number of carboxylic acids is 1. The third-order valence-corrected chi connectivity index (χ3v) is 4.38. The van der Waals surface area contributed by atoms with Gasteiger partial charge in [0.2, 0.25) is 5.91 Å². The minimum atomic E-state index is -1.00. The molecule has 1 amide bonds. The summed E-state index contributed by atoms with van der Waals surface area (Å²) in [6, 6.07) is 9.21. The van der Waals surface area contributed by atoms with Gasteiger partial charge in [-0.2, -0.15) is 0 Å². The maximum Gasteiger partial charge on any atom is 0.326 e. The number of hydrogen-bond donors (Lipinski definition) is 2. The second-order valence-corrected chi connectivity index (χ2v) is 6.10. The zero-order valence-electron chi connectivity index (χ0n) is 13.2. The highest BCUT2D eigenvalue weighted by molar-refractivity contribution is 5.85. The minimum Gasteiger partial charge on any atom is -0.480 e. The molecule has 1 aliphatic rings. The molecule has 2 rings (SSSR count). The van der Waals surface area contributed by atoms with Crippen LogP contribution in [0.1, 0.15) is 32.3 Å². The van der Waals surface area contributed by atoms with Crippen LogP contribution in [0, 0.1) is 0 Å². The molecular formula is C17H24N2O3. The van der Waals surface area contributed by atoms with Crippen molar-refractivity contribution in [1.82, 2.24) is 10.2 Å². The molecule has 5 nitrogen and oxygen atoms in total. The molecule has 1 aromatic carbocycles. The standard InChI is InChI=1S/C17H24N2O3/c1-12-8-9-13(2)19(12)11-16(20)18-15(17(21)22)10-14-6-4-3-5-7-14/h3-7,12-13,15H,8-11H2,1-2H3,(H,18,20)(H,21,22)/t12?,13?,15-/m1/s1. The van der Waals surface area contributed by atoms with Gasteiger partial charge in [0.25, 0.3) is 0 Å². The normalized spacial score (nSPS) is 23.2. The first kappa shape index (κ1) is 16.5. The zero-order valence-corrected chi connectivity index (χ0v) is 13.2. The molecule has 0 radical (unpaired) electrons. The Morgan fingerprint density at radius 3 is 2.36 bits per heavy atom. The van der Waals surface area contributed by atoms with E-state index in [2.05, 4.69) is 24.1 Å². The van der Waals surface area contributed by atoms with E-state index in [0.29, 0.717) is 18.5 Å². The number of carbonyl (C=O) groups is 2. The van der Waals surface area contributed by atoms with E-state index in [-0.39, 0.29) is 12.5 Å². The van der Waals surface area contributed by atoms with Crippen molar-refractivity contribution >= 4 is 11.9 Å². The number of nitrogens with one attached hydrogen (secondary N) is 1. The Bertz CT molecular complexity index is 508. The quantitative estimate of drug-likeness (QED) is 0.839. The average molecular weight is 304 g/mol. The number of carbonyl (C=O) groups excluding carboxylic acids is 1. The summed E-state index contributed by atoms with van der Waals surface area (Å²) in [5.74, 6) is -1.22. The Hall–Kier alpha value is -1.88. The van der Waals surface area contributed by atoms with Crippen molar-refractivity contribution in [2.45, 2.75) is 51.2 Å². The van der Waals surface area contributed by atoms with Crippen LogP contribution in [0.3, 0.4) is 0 Å². The Morgan fingerprint density at radius 1 is 1.23 bits per heavy atom. The molecule has 1 heterocycles. The SMILES string of the molecule is CC1CCC(C)N1CC(=O)N[C@H](Cc1ccccc1)C(=O)O. The lowest BCUT2D eigenvalue weighted by molar-refractivity contribution is -0.142. The molecule has 120 valence electrons. The summed E-state index contributed by atoms with van der Waals surface area (Å²) in [5.41, 5.74) is 0.901. The largest absolute Gasteiger partial charge is 0.480 e. The van der Waals surface area contributed by atoms with Gasteiger partial charge in [0, 0.05) is 18.5 Å². The summed E-state index contributed by atoms with van der Waals surface area (Å²) in [7, 11) is 0. The van der Waals surface area contributed by atoms with Gasteiger partial charge in [0.05, 0.1) is 6.54 Å². The number of benzene rings is 1. The summed E-state index contributed by atoms with van der Waals surface area (Å²) in [4.78, 5) is 25.7. The fourth-order valence-electron chi connectivity index (χ4n) is 3.02. The topological polar surface area (TPSA) is 69.6 Å². The van der Waals surface area contributed by atoms with Crippen LogP contribution in [0.15, 0.2) is 30.3 Å². The molecule has 0 saturated carbocycles. The maximum atomic E-state index is 12.2. The van der Waals surface area contributed by atoms with Crippen molar-refractivity contribution in [1.29, 1.82) is 0 Å². The Labute approximate surface area is 131 Å². The molecular weight excluding hydrogens is 280 g/mol. The van der Waals surface area contributed by atoms with Crippen LogP contribution in [0.2, 0.25) is 0 Å². The van der Waals surface area contributed by atoms with Crippen molar-refractivity contribution in [3.05, 3.63) is 35.9 Å². The van der Waals surface area contributed by atoms with Gasteiger partial charge in [-0.05, 0) is 32.3 Å². The van der Waals surface area contributed by atoms with Crippen molar-refractivity contribution in [2.24, 2.45) is 0 Å². The monoisotopic (exact) mass is 304 g/mol. The van der Waals surface area contributed by atoms with Crippen LogP contribution in [0.25, 0.3) is 0 Å². The van der Waals surface area contributed by atoms with Crippen molar-refractivity contribution in [3.63, 3.8) is 0 Å². The van der Waals surface area contributed by atoms with Crippen molar-refractivity contribution in [2.75, 3.05) is 6.54 Å². The summed E-state index contributed by atoms with van der Waals surface area (Å²) in [5, 5.41) is 12.0. The van der Waals surface area contributed by atoms with Gasteiger partial charge in [0.15, 0.2) is 0 Å². The van der Waals surface area contributed by atoms with E-state index >= 15 is 0 Å². The smallest absolute Gasteiger partial charge is 0.326 e. The van der Waals surface area contributed by atoms with Gasteiger partial charge in [0.1, 0.15) is 6.04 Å². The highest BCUT2D eigenvalue weighted by Gasteiger charge is 2.30. The third kappa shape index (κ3) is 4.31. The highest BCUT2D eigenvalue weighted by atomic mass is 16.4.